The van der Waals surface area contributed by atoms with Crippen LogP contribution in [0.3, 0.4) is 0 Å². The van der Waals surface area contributed by atoms with Crippen molar-refractivity contribution >= 4 is 32.6 Å². The Balaban J connectivity index is 0.00000196. The van der Waals surface area contributed by atoms with E-state index in [1.807, 2.05) is 12.3 Å². The van der Waals surface area contributed by atoms with Crippen molar-refractivity contribution < 1.29 is 21.7 Å². The average molecular weight is 370 g/mol. The summed E-state index contributed by atoms with van der Waals surface area (Å²) in [4.78, 5) is 3.23. The van der Waals surface area contributed by atoms with E-state index >= 15 is 0 Å². The van der Waals surface area contributed by atoms with Crippen LogP contribution in [-0.2, 0) is 6.54 Å². The van der Waals surface area contributed by atoms with Crippen molar-refractivity contribution in [2.75, 3.05) is 13.7 Å². The molecule has 0 radical (unpaired) electrons. The number of halogens is 1. The minimum atomic E-state index is 0. The minimum Gasteiger partial charge on any atom is -1.00 e. The molecule has 0 aliphatic heterocycles. The fraction of sp³-hybridized carbons (Fsp3) is 0.286. The molecule has 0 aliphatic carbocycles. The number of pyridine rings is 1. The molecule has 2 heterocycles. The van der Waals surface area contributed by atoms with E-state index in [-0.39, 0.29) is 12.4 Å². The number of benzene rings is 2. The van der Waals surface area contributed by atoms with Gasteiger partial charge in [-0.1, -0.05) is 0 Å². The average Bonchev–Trinajstić information content (AvgIpc) is 2.98. The Labute approximate surface area is 159 Å². The molecule has 2 aromatic heterocycles. The number of aryl methyl sites for hydroxylation is 3. The Morgan fingerprint density at radius 1 is 1.08 bits per heavy atom. The zero-order chi connectivity index (χ0) is 17.6. The first-order valence-corrected chi connectivity index (χ1v) is 8.76. The Bertz CT molecular complexity index is 1100. The molecule has 4 aromatic rings. The largest absolute Gasteiger partial charge is 1.00 e. The van der Waals surface area contributed by atoms with E-state index in [0.717, 1.165) is 18.7 Å². The molecule has 4 nitrogen and oxygen atoms in total. The van der Waals surface area contributed by atoms with Crippen molar-refractivity contribution in [3.05, 3.63) is 47.8 Å². The Hall–Kier alpha value is -2.30. The highest BCUT2D eigenvalue weighted by molar-refractivity contribution is 6.14. The van der Waals surface area contributed by atoms with Crippen molar-refractivity contribution in [1.29, 1.82) is 0 Å². The summed E-state index contributed by atoms with van der Waals surface area (Å²) in [6.07, 6.45) is 5.06. The van der Waals surface area contributed by atoms with Gasteiger partial charge < -0.3 is 27.9 Å². The van der Waals surface area contributed by atoms with Gasteiger partial charge in [-0.2, -0.15) is 4.57 Å². The lowest BCUT2D eigenvalue weighted by Gasteiger charge is -2.07. The summed E-state index contributed by atoms with van der Waals surface area (Å²) in [5.74, 6) is 0.891. The van der Waals surface area contributed by atoms with E-state index < -0.39 is 0 Å². The van der Waals surface area contributed by atoms with Crippen LogP contribution < -0.4 is 27.4 Å². The monoisotopic (exact) mass is 369 g/mol. The van der Waals surface area contributed by atoms with Gasteiger partial charge >= 0.3 is 0 Å². The van der Waals surface area contributed by atoms with Gasteiger partial charge in [-0.25, -0.2) is 0 Å². The number of aromatic amines is 1. The lowest BCUT2D eigenvalue weighted by Crippen LogP contribution is -3.00. The van der Waals surface area contributed by atoms with Gasteiger partial charge in [0.2, 0.25) is 11.0 Å². The molecule has 2 aromatic carbocycles. The number of nitrogens with two attached hydrogens (primary N) is 1. The topological polar surface area (TPSA) is 54.9 Å². The minimum absolute atomic E-state index is 0. The van der Waals surface area contributed by atoms with Gasteiger partial charge in [-0.3, -0.25) is 0 Å². The van der Waals surface area contributed by atoms with Gasteiger partial charge in [0, 0.05) is 35.8 Å². The number of ether oxygens (including phenoxy) is 1. The maximum atomic E-state index is 5.80. The fourth-order valence-corrected chi connectivity index (χ4v) is 4.04. The van der Waals surface area contributed by atoms with Crippen molar-refractivity contribution in [2.24, 2.45) is 5.73 Å². The number of nitrogens with one attached hydrogen (secondary N) is 1. The molecule has 4 rings (SSSR count). The summed E-state index contributed by atoms with van der Waals surface area (Å²) < 4.78 is 7.91. The highest BCUT2D eigenvalue weighted by Gasteiger charge is 2.25. The number of rotatable bonds is 4. The zero-order valence-electron chi connectivity index (χ0n) is 15.4. The first-order valence-electron chi connectivity index (χ1n) is 8.76. The number of fused-ring (bicyclic) bond motifs is 4. The summed E-state index contributed by atoms with van der Waals surface area (Å²) >= 11 is 0. The van der Waals surface area contributed by atoms with E-state index in [2.05, 4.69) is 47.8 Å². The fourth-order valence-electron chi connectivity index (χ4n) is 4.04. The molecule has 0 aliphatic rings. The van der Waals surface area contributed by atoms with Crippen LogP contribution in [0.2, 0.25) is 0 Å². The molecule has 5 heteroatoms. The third-order valence-corrected chi connectivity index (χ3v) is 5.26. The first-order chi connectivity index (χ1) is 12.2. The van der Waals surface area contributed by atoms with E-state index in [9.17, 15) is 0 Å². The SMILES string of the molecule is COc1ccc2c(c1)c1c(C)c3c[nH]ccc3c(C)c1[n+]2CCCN.[Cl-]. The maximum Gasteiger partial charge on any atom is 0.217 e. The molecular weight excluding hydrogens is 346 g/mol. The molecule has 0 saturated carbocycles. The first kappa shape index (κ1) is 18.5. The van der Waals surface area contributed by atoms with Crippen LogP contribution in [0.1, 0.15) is 17.5 Å². The Morgan fingerprint density at radius 3 is 2.62 bits per heavy atom. The second-order valence-corrected chi connectivity index (χ2v) is 6.62. The second kappa shape index (κ2) is 7.14. The van der Waals surface area contributed by atoms with Gasteiger partial charge in [-0.05, 0) is 49.5 Å². The lowest BCUT2D eigenvalue weighted by molar-refractivity contribution is -0.644. The van der Waals surface area contributed by atoms with Gasteiger partial charge in [-0.15, -0.1) is 0 Å². The van der Waals surface area contributed by atoms with E-state index in [1.54, 1.807) is 7.11 Å². The standard InChI is InChI=1S/C21H23N3O.ClH/c1-13-18-12-23-9-7-16(18)14(2)21-20(13)17-11-15(25-3)5-6-19(17)24(21)10-4-8-22;/h5-7,9,11-12H,4,8,10,22H2,1-3H3;1H. The molecule has 3 N–H and O–H groups in total. The number of methoxy groups -OCH3 is 1. The summed E-state index contributed by atoms with van der Waals surface area (Å²) in [6.45, 7) is 6.05. The highest BCUT2D eigenvalue weighted by Crippen LogP contribution is 2.36. The van der Waals surface area contributed by atoms with Crippen LogP contribution in [0.15, 0.2) is 36.7 Å². The third kappa shape index (κ3) is 2.61. The number of aromatic nitrogens is 2. The summed E-state index contributed by atoms with van der Waals surface area (Å²) in [5.41, 5.74) is 11.0. The van der Waals surface area contributed by atoms with Crippen LogP contribution >= 0.6 is 0 Å². The molecule has 136 valence electrons. The molecular formula is C21H24ClN3O. The Kier molecular flexibility index (Phi) is 5.08. The number of H-pyrrole nitrogens is 1. The molecule has 0 fully saturated rings. The molecule has 26 heavy (non-hydrogen) atoms. The molecule has 0 bridgehead atoms. The van der Waals surface area contributed by atoms with Crippen molar-refractivity contribution in [1.82, 2.24) is 4.98 Å². The normalized spacial score (nSPS) is 11.2. The van der Waals surface area contributed by atoms with Crippen molar-refractivity contribution in [3.63, 3.8) is 0 Å². The Morgan fingerprint density at radius 2 is 1.88 bits per heavy atom. The third-order valence-electron chi connectivity index (χ3n) is 5.26. The number of nitrogens with zero attached hydrogens (tertiary/aromatic N) is 1. The van der Waals surface area contributed by atoms with Gasteiger partial charge in [0.15, 0.2) is 6.54 Å². The molecule has 0 spiro atoms. The molecule has 0 unspecified atom stereocenters. The number of hydrogen-bond acceptors (Lipinski definition) is 2. The summed E-state index contributed by atoms with van der Waals surface area (Å²) in [6, 6.07) is 8.53. The van der Waals surface area contributed by atoms with Crippen LogP contribution in [0, 0.1) is 13.8 Å². The van der Waals surface area contributed by atoms with Crippen molar-refractivity contribution in [3.8, 4) is 5.75 Å². The molecule has 0 atom stereocenters. The predicted molar refractivity (Wildman–Crippen MR) is 103 cm³/mol. The van der Waals surface area contributed by atoms with Gasteiger partial charge in [0.1, 0.15) is 5.75 Å². The van der Waals surface area contributed by atoms with Crippen molar-refractivity contribution in [2.45, 2.75) is 26.8 Å². The van der Waals surface area contributed by atoms with Crippen LogP contribution in [-0.4, -0.2) is 18.6 Å². The lowest BCUT2D eigenvalue weighted by atomic mass is 9.97. The van der Waals surface area contributed by atoms with E-state index in [4.69, 9.17) is 10.5 Å². The zero-order valence-corrected chi connectivity index (χ0v) is 16.2. The van der Waals surface area contributed by atoms with Crippen LogP contribution in [0.25, 0.3) is 32.6 Å². The van der Waals surface area contributed by atoms with E-state index in [0.29, 0.717) is 6.54 Å². The van der Waals surface area contributed by atoms with Gasteiger partial charge in [0.25, 0.3) is 0 Å². The summed E-state index contributed by atoms with van der Waals surface area (Å²) in [5, 5.41) is 5.13. The molecule has 0 amide bonds. The quantitative estimate of drug-likeness (QED) is 0.521. The van der Waals surface area contributed by atoms with Crippen LogP contribution in [0.4, 0.5) is 0 Å². The smallest absolute Gasteiger partial charge is 0.217 e. The summed E-state index contributed by atoms with van der Waals surface area (Å²) in [7, 11) is 1.72. The molecule has 0 saturated heterocycles. The maximum absolute atomic E-state index is 5.80. The highest BCUT2D eigenvalue weighted by atomic mass is 35.5. The second-order valence-electron chi connectivity index (χ2n) is 6.62. The van der Waals surface area contributed by atoms with E-state index in [1.165, 1.54) is 43.7 Å². The van der Waals surface area contributed by atoms with Gasteiger partial charge in [0.05, 0.1) is 17.9 Å². The number of hydrogen-bond donors (Lipinski definition) is 2. The van der Waals surface area contributed by atoms with Crippen LogP contribution in [0.5, 0.6) is 5.75 Å². The predicted octanol–water partition coefficient (Wildman–Crippen LogP) is 0.740.